The molecule has 0 saturated heterocycles. The first-order valence-electron chi connectivity index (χ1n) is 7.34. The lowest BCUT2D eigenvalue weighted by molar-refractivity contribution is 0.0966. The van der Waals surface area contributed by atoms with Crippen LogP contribution in [0.15, 0.2) is 60.9 Å². The van der Waals surface area contributed by atoms with Crippen LogP contribution in [0.1, 0.15) is 15.9 Å². The Morgan fingerprint density at radius 3 is 2.26 bits per heavy atom. The van der Waals surface area contributed by atoms with Gasteiger partial charge in [-0.25, -0.2) is 4.39 Å². The summed E-state index contributed by atoms with van der Waals surface area (Å²) in [4.78, 5) is 16.0. The molecule has 1 aliphatic rings. The molecule has 0 bridgehead atoms. The van der Waals surface area contributed by atoms with Crippen LogP contribution in [-0.4, -0.2) is 10.9 Å². The Morgan fingerprint density at radius 2 is 1.52 bits per heavy atom. The quantitative estimate of drug-likeness (QED) is 0.782. The molecule has 0 radical (unpaired) electrons. The number of carbonyl (C=O) groups is 1. The smallest absolute Gasteiger partial charge is 0.251 e. The van der Waals surface area contributed by atoms with Crippen molar-refractivity contribution >= 4 is 5.91 Å². The third kappa shape index (κ3) is 2.38. The summed E-state index contributed by atoms with van der Waals surface area (Å²) in [7, 11) is 0. The average Bonchev–Trinajstić information content (AvgIpc) is 2.96. The highest BCUT2D eigenvalue weighted by Gasteiger charge is 2.22. The summed E-state index contributed by atoms with van der Waals surface area (Å²) in [6.07, 6.45) is 3.47. The second kappa shape index (κ2) is 5.32. The van der Waals surface area contributed by atoms with E-state index in [1.807, 2.05) is 24.3 Å². The van der Waals surface area contributed by atoms with Gasteiger partial charge in [0.2, 0.25) is 0 Å². The normalized spacial score (nSPS) is 12.8. The number of nitrogens with one attached hydrogen (secondary N) is 1. The summed E-state index contributed by atoms with van der Waals surface area (Å²) in [5.41, 5.74) is 5.47. The van der Waals surface area contributed by atoms with Gasteiger partial charge in [-0.3, -0.25) is 9.78 Å². The van der Waals surface area contributed by atoms with Crippen molar-refractivity contribution < 1.29 is 9.18 Å². The van der Waals surface area contributed by atoms with Crippen molar-refractivity contribution in [1.29, 1.82) is 0 Å². The van der Waals surface area contributed by atoms with Crippen molar-refractivity contribution in [3.05, 3.63) is 77.9 Å². The zero-order valence-electron chi connectivity index (χ0n) is 12.2. The first kappa shape index (κ1) is 13.6. The van der Waals surface area contributed by atoms with Gasteiger partial charge in [-0.1, -0.05) is 12.1 Å². The minimum Gasteiger partial charge on any atom is -0.348 e. The van der Waals surface area contributed by atoms with Crippen LogP contribution in [0.2, 0.25) is 0 Å². The molecule has 0 fully saturated rings. The molecule has 4 rings (SSSR count). The van der Waals surface area contributed by atoms with Crippen molar-refractivity contribution in [1.82, 2.24) is 10.3 Å². The van der Waals surface area contributed by atoms with Gasteiger partial charge in [0.25, 0.3) is 5.91 Å². The van der Waals surface area contributed by atoms with E-state index in [0.717, 1.165) is 27.8 Å². The number of halogens is 1. The number of carbonyl (C=O) groups excluding carboxylic acids is 1. The first-order chi connectivity index (χ1) is 11.2. The van der Waals surface area contributed by atoms with Crippen LogP contribution in [0.4, 0.5) is 4.39 Å². The van der Waals surface area contributed by atoms with E-state index in [-0.39, 0.29) is 11.7 Å². The van der Waals surface area contributed by atoms with Gasteiger partial charge in [-0.2, -0.15) is 0 Å². The third-order valence-corrected chi connectivity index (χ3v) is 4.07. The number of aromatic nitrogens is 1. The summed E-state index contributed by atoms with van der Waals surface area (Å²) in [5, 5.41) is 2.84. The number of benzene rings is 2. The topological polar surface area (TPSA) is 42.0 Å². The summed E-state index contributed by atoms with van der Waals surface area (Å²) in [6.45, 7) is 0.538. The zero-order valence-corrected chi connectivity index (χ0v) is 12.2. The fourth-order valence-corrected chi connectivity index (χ4v) is 2.91. The van der Waals surface area contributed by atoms with E-state index in [1.165, 1.54) is 12.1 Å². The van der Waals surface area contributed by atoms with E-state index in [0.29, 0.717) is 12.1 Å². The molecule has 0 unspecified atom stereocenters. The molecule has 0 aliphatic carbocycles. The van der Waals surface area contributed by atoms with Crippen molar-refractivity contribution in [2.24, 2.45) is 0 Å². The summed E-state index contributed by atoms with van der Waals surface area (Å²) < 4.78 is 13.2. The predicted octanol–water partition coefficient (Wildman–Crippen LogP) is 3.80. The van der Waals surface area contributed by atoms with Gasteiger partial charge in [-0.15, -0.1) is 0 Å². The number of amides is 1. The lowest BCUT2D eigenvalue weighted by atomic mass is 9.91. The maximum atomic E-state index is 13.2. The fraction of sp³-hybridized carbons (Fsp3) is 0.0526. The third-order valence-electron chi connectivity index (χ3n) is 4.07. The molecule has 1 aliphatic heterocycles. The summed E-state index contributed by atoms with van der Waals surface area (Å²) in [5.74, 6) is -0.345. The highest BCUT2D eigenvalue weighted by molar-refractivity contribution is 6.01. The van der Waals surface area contributed by atoms with Crippen molar-refractivity contribution in [3.63, 3.8) is 0 Å². The Kier molecular flexibility index (Phi) is 3.15. The van der Waals surface area contributed by atoms with Crippen molar-refractivity contribution in [3.8, 4) is 22.3 Å². The van der Waals surface area contributed by atoms with Crippen molar-refractivity contribution in [2.45, 2.75) is 6.54 Å². The molecule has 1 amide bonds. The van der Waals surface area contributed by atoms with Crippen LogP contribution in [0.25, 0.3) is 22.3 Å². The molecule has 112 valence electrons. The molecule has 0 atom stereocenters. The highest BCUT2D eigenvalue weighted by atomic mass is 19.1. The Morgan fingerprint density at radius 1 is 0.870 bits per heavy atom. The van der Waals surface area contributed by atoms with Crippen LogP contribution >= 0.6 is 0 Å². The zero-order chi connectivity index (χ0) is 15.8. The maximum Gasteiger partial charge on any atom is 0.251 e. The minimum atomic E-state index is -0.280. The molecule has 0 saturated carbocycles. The average molecular weight is 304 g/mol. The molecule has 4 heteroatoms. The molecule has 2 heterocycles. The van der Waals surface area contributed by atoms with Crippen molar-refractivity contribution in [2.75, 3.05) is 0 Å². The number of pyridine rings is 1. The maximum absolute atomic E-state index is 13.2. The minimum absolute atomic E-state index is 0.0651. The highest BCUT2D eigenvalue weighted by Crippen LogP contribution is 2.35. The standard InChI is InChI=1S/C19H13FN2O/c20-15-3-1-12(2-4-15)17-10-18-14(11-22-19(18)23)9-16(17)13-5-7-21-8-6-13/h1-10H,11H2,(H,22,23). The van der Waals surface area contributed by atoms with E-state index >= 15 is 0 Å². The second-order valence-corrected chi connectivity index (χ2v) is 5.48. The number of hydrogen-bond donors (Lipinski definition) is 1. The van der Waals surface area contributed by atoms with Crippen LogP contribution in [-0.2, 0) is 6.54 Å². The van der Waals surface area contributed by atoms with Gasteiger partial charge >= 0.3 is 0 Å². The SMILES string of the molecule is O=C1NCc2cc(-c3ccncc3)c(-c3ccc(F)cc3)cc21. The van der Waals surface area contributed by atoms with E-state index in [9.17, 15) is 9.18 Å². The largest absolute Gasteiger partial charge is 0.348 e. The predicted molar refractivity (Wildman–Crippen MR) is 86.2 cm³/mol. The molecular formula is C19H13FN2O. The van der Waals surface area contributed by atoms with Gasteiger partial charge in [0.1, 0.15) is 5.82 Å². The Balaban J connectivity index is 1.97. The number of rotatable bonds is 2. The lowest BCUT2D eigenvalue weighted by Gasteiger charge is -2.12. The fourth-order valence-electron chi connectivity index (χ4n) is 2.91. The van der Waals surface area contributed by atoms with Gasteiger partial charge in [0.15, 0.2) is 0 Å². The monoisotopic (exact) mass is 304 g/mol. The number of hydrogen-bond acceptors (Lipinski definition) is 2. The molecule has 2 aromatic carbocycles. The van der Waals surface area contributed by atoms with Gasteiger partial charge in [0, 0.05) is 24.5 Å². The van der Waals surface area contributed by atoms with Gasteiger partial charge in [0.05, 0.1) is 0 Å². The summed E-state index contributed by atoms with van der Waals surface area (Å²) >= 11 is 0. The molecule has 1 N–H and O–H groups in total. The van der Waals surface area contributed by atoms with Crippen LogP contribution in [0, 0.1) is 5.82 Å². The van der Waals surface area contributed by atoms with E-state index in [1.54, 1.807) is 24.5 Å². The molecule has 1 aromatic heterocycles. The number of nitrogens with zero attached hydrogens (tertiary/aromatic N) is 1. The van der Waals surface area contributed by atoms with E-state index < -0.39 is 0 Å². The van der Waals surface area contributed by atoms with E-state index in [4.69, 9.17) is 0 Å². The second-order valence-electron chi connectivity index (χ2n) is 5.48. The first-order valence-corrected chi connectivity index (χ1v) is 7.34. The summed E-state index contributed by atoms with van der Waals surface area (Å²) in [6, 6.07) is 14.1. The van der Waals surface area contributed by atoms with Crippen LogP contribution in [0.3, 0.4) is 0 Å². The molecule has 3 aromatic rings. The van der Waals surface area contributed by atoms with Gasteiger partial charge in [-0.05, 0) is 64.2 Å². The Hall–Kier alpha value is -3.01. The molecule has 3 nitrogen and oxygen atoms in total. The lowest BCUT2D eigenvalue weighted by Crippen LogP contribution is -2.12. The molecule has 23 heavy (non-hydrogen) atoms. The van der Waals surface area contributed by atoms with E-state index in [2.05, 4.69) is 10.3 Å². The Bertz CT molecular complexity index is 889. The van der Waals surface area contributed by atoms with Gasteiger partial charge < -0.3 is 5.32 Å². The molecule has 0 spiro atoms. The van der Waals surface area contributed by atoms with Crippen LogP contribution in [0.5, 0.6) is 0 Å². The molecular weight excluding hydrogens is 291 g/mol. The Labute approximate surface area is 132 Å². The number of fused-ring (bicyclic) bond motifs is 1. The van der Waals surface area contributed by atoms with Crippen LogP contribution < -0.4 is 5.32 Å².